The number of nitrogens with one attached hydrogen (secondary N) is 1. The Labute approximate surface area is 95.1 Å². The highest BCUT2D eigenvalue weighted by Gasteiger charge is 2.09. The Bertz CT molecular complexity index is 638. The van der Waals surface area contributed by atoms with Gasteiger partial charge in [0.1, 0.15) is 5.82 Å². The molecular formula is C12H7F2N3. The van der Waals surface area contributed by atoms with E-state index in [0.717, 1.165) is 17.7 Å². The predicted molar refractivity (Wildman–Crippen MR) is 59.2 cm³/mol. The standard InChI is InChI=1S/C12H7F2N3/c13-8-4-10-11(5-9(8)14)17-12(16-10)7-2-1-3-15-6-7/h1-6H,(H,16,17). The first-order valence-electron chi connectivity index (χ1n) is 4.99. The van der Waals surface area contributed by atoms with Gasteiger partial charge in [0, 0.05) is 30.1 Å². The lowest BCUT2D eigenvalue weighted by atomic mass is 10.3. The Hall–Kier alpha value is -2.30. The number of halogens is 2. The van der Waals surface area contributed by atoms with Crippen LogP contribution in [-0.2, 0) is 0 Å². The number of imidazole rings is 1. The van der Waals surface area contributed by atoms with Gasteiger partial charge < -0.3 is 4.98 Å². The summed E-state index contributed by atoms with van der Waals surface area (Å²) in [6.45, 7) is 0. The van der Waals surface area contributed by atoms with E-state index in [1.807, 2.05) is 6.07 Å². The number of rotatable bonds is 1. The van der Waals surface area contributed by atoms with Crippen LogP contribution in [-0.4, -0.2) is 15.0 Å². The Kier molecular flexibility index (Phi) is 2.11. The van der Waals surface area contributed by atoms with Crippen molar-refractivity contribution in [3.05, 3.63) is 48.3 Å². The van der Waals surface area contributed by atoms with E-state index in [0.29, 0.717) is 16.9 Å². The van der Waals surface area contributed by atoms with Gasteiger partial charge in [-0.25, -0.2) is 13.8 Å². The highest BCUT2D eigenvalue weighted by molar-refractivity contribution is 5.79. The van der Waals surface area contributed by atoms with Gasteiger partial charge in [0.15, 0.2) is 11.6 Å². The maximum atomic E-state index is 13.0. The van der Waals surface area contributed by atoms with Gasteiger partial charge in [0.2, 0.25) is 0 Å². The third-order valence-electron chi connectivity index (χ3n) is 2.46. The van der Waals surface area contributed by atoms with Gasteiger partial charge in [-0.2, -0.15) is 0 Å². The van der Waals surface area contributed by atoms with Crippen LogP contribution >= 0.6 is 0 Å². The van der Waals surface area contributed by atoms with E-state index in [9.17, 15) is 8.78 Å². The minimum atomic E-state index is -0.901. The largest absolute Gasteiger partial charge is 0.338 e. The van der Waals surface area contributed by atoms with Gasteiger partial charge >= 0.3 is 0 Å². The van der Waals surface area contributed by atoms with Crippen LogP contribution in [0.1, 0.15) is 0 Å². The molecule has 3 rings (SSSR count). The number of nitrogens with zero attached hydrogens (tertiary/aromatic N) is 2. The average Bonchev–Trinajstić information content (AvgIpc) is 2.74. The first kappa shape index (κ1) is 9.89. The van der Waals surface area contributed by atoms with Gasteiger partial charge in [0.05, 0.1) is 11.0 Å². The van der Waals surface area contributed by atoms with Crippen LogP contribution < -0.4 is 0 Å². The number of H-pyrrole nitrogens is 1. The van der Waals surface area contributed by atoms with Crippen LogP contribution in [0.25, 0.3) is 22.4 Å². The fourth-order valence-electron chi connectivity index (χ4n) is 1.64. The summed E-state index contributed by atoms with van der Waals surface area (Å²) in [7, 11) is 0. The van der Waals surface area contributed by atoms with Crippen molar-refractivity contribution >= 4 is 11.0 Å². The van der Waals surface area contributed by atoms with Crippen molar-refractivity contribution in [3.63, 3.8) is 0 Å². The Morgan fingerprint density at radius 1 is 1.12 bits per heavy atom. The molecule has 0 bridgehead atoms. The van der Waals surface area contributed by atoms with Crippen molar-refractivity contribution in [3.8, 4) is 11.4 Å². The molecule has 0 saturated carbocycles. The second-order valence-electron chi connectivity index (χ2n) is 3.61. The number of aromatic nitrogens is 3. The molecule has 3 aromatic rings. The molecule has 2 aromatic heterocycles. The molecule has 0 aliphatic carbocycles. The number of hydrogen-bond acceptors (Lipinski definition) is 2. The summed E-state index contributed by atoms with van der Waals surface area (Å²) >= 11 is 0. The van der Waals surface area contributed by atoms with Gasteiger partial charge in [-0.05, 0) is 12.1 Å². The molecule has 0 spiro atoms. The van der Waals surface area contributed by atoms with Crippen molar-refractivity contribution in [2.24, 2.45) is 0 Å². The number of benzene rings is 1. The molecule has 3 nitrogen and oxygen atoms in total. The van der Waals surface area contributed by atoms with E-state index < -0.39 is 11.6 Å². The lowest BCUT2D eigenvalue weighted by Crippen LogP contribution is -1.82. The SMILES string of the molecule is Fc1cc2nc(-c3cccnc3)[nH]c2cc1F. The van der Waals surface area contributed by atoms with Crippen molar-refractivity contribution in [2.75, 3.05) is 0 Å². The van der Waals surface area contributed by atoms with Crippen LogP contribution in [0.4, 0.5) is 8.78 Å². The van der Waals surface area contributed by atoms with Gasteiger partial charge in [-0.15, -0.1) is 0 Å². The number of hydrogen-bond donors (Lipinski definition) is 1. The van der Waals surface area contributed by atoms with Gasteiger partial charge in [0.25, 0.3) is 0 Å². The van der Waals surface area contributed by atoms with Gasteiger partial charge in [-0.1, -0.05) is 0 Å². The molecule has 2 heterocycles. The third kappa shape index (κ3) is 1.65. The Morgan fingerprint density at radius 3 is 2.71 bits per heavy atom. The molecule has 0 radical (unpaired) electrons. The summed E-state index contributed by atoms with van der Waals surface area (Å²) in [6, 6.07) is 5.75. The Morgan fingerprint density at radius 2 is 1.94 bits per heavy atom. The topological polar surface area (TPSA) is 41.6 Å². The van der Waals surface area contributed by atoms with E-state index in [1.54, 1.807) is 18.5 Å². The molecule has 0 fully saturated rings. The van der Waals surface area contributed by atoms with Gasteiger partial charge in [-0.3, -0.25) is 4.98 Å². The lowest BCUT2D eigenvalue weighted by Gasteiger charge is -1.92. The summed E-state index contributed by atoms with van der Waals surface area (Å²) in [5.41, 5.74) is 1.62. The summed E-state index contributed by atoms with van der Waals surface area (Å²) in [5.74, 6) is -1.25. The van der Waals surface area contributed by atoms with Crippen molar-refractivity contribution in [1.29, 1.82) is 0 Å². The van der Waals surface area contributed by atoms with E-state index in [2.05, 4.69) is 15.0 Å². The smallest absolute Gasteiger partial charge is 0.161 e. The molecule has 1 aromatic carbocycles. The average molecular weight is 231 g/mol. The van der Waals surface area contributed by atoms with E-state index in [1.165, 1.54) is 0 Å². The minimum absolute atomic E-state index is 0.391. The lowest BCUT2D eigenvalue weighted by molar-refractivity contribution is 0.510. The molecule has 5 heteroatoms. The zero-order chi connectivity index (χ0) is 11.8. The minimum Gasteiger partial charge on any atom is -0.338 e. The molecule has 0 unspecified atom stereocenters. The maximum Gasteiger partial charge on any atom is 0.161 e. The van der Waals surface area contributed by atoms with E-state index >= 15 is 0 Å². The van der Waals surface area contributed by atoms with Crippen LogP contribution in [0.5, 0.6) is 0 Å². The van der Waals surface area contributed by atoms with E-state index in [4.69, 9.17) is 0 Å². The number of fused-ring (bicyclic) bond motifs is 1. The molecule has 1 N–H and O–H groups in total. The monoisotopic (exact) mass is 231 g/mol. The summed E-state index contributed by atoms with van der Waals surface area (Å²) in [5, 5.41) is 0. The second-order valence-corrected chi connectivity index (χ2v) is 3.61. The van der Waals surface area contributed by atoms with E-state index in [-0.39, 0.29) is 0 Å². The first-order chi connectivity index (χ1) is 8.24. The summed E-state index contributed by atoms with van der Waals surface area (Å²) < 4.78 is 26.0. The highest BCUT2D eigenvalue weighted by Crippen LogP contribution is 2.21. The normalized spacial score (nSPS) is 10.9. The molecule has 17 heavy (non-hydrogen) atoms. The molecule has 0 amide bonds. The summed E-state index contributed by atoms with van der Waals surface area (Å²) in [6.07, 6.45) is 3.27. The molecular weight excluding hydrogens is 224 g/mol. The first-order valence-corrected chi connectivity index (χ1v) is 4.99. The van der Waals surface area contributed by atoms with Crippen molar-refractivity contribution in [2.45, 2.75) is 0 Å². The third-order valence-corrected chi connectivity index (χ3v) is 2.46. The number of pyridine rings is 1. The molecule has 0 saturated heterocycles. The predicted octanol–water partition coefficient (Wildman–Crippen LogP) is 2.90. The maximum absolute atomic E-state index is 13.0. The zero-order valence-corrected chi connectivity index (χ0v) is 8.61. The quantitative estimate of drug-likeness (QED) is 0.699. The fourth-order valence-corrected chi connectivity index (χ4v) is 1.64. The zero-order valence-electron chi connectivity index (χ0n) is 8.61. The molecule has 0 aliphatic rings. The summed E-state index contributed by atoms with van der Waals surface area (Å²) in [4.78, 5) is 11.1. The second kappa shape index (κ2) is 3.62. The van der Waals surface area contributed by atoms with Crippen molar-refractivity contribution < 1.29 is 8.78 Å². The number of aromatic amines is 1. The molecule has 84 valence electrons. The highest BCUT2D eigenvalue weighted by atomic mass is 19.2. The Balaban J connectivity index is 2.21. The van der Waals surface area contributed by atoms with Crippen LogP contribution in [0.15, 0.2) is 36.7 Å². The van der Waals surface area contributed by atoms with Crippen LogP contribution in [0, 0.1) is 11.6 Å². The van der Waals surface area contributed by atoms with Crippen molar-refractivity contribution in [1.82, 2.24) is 15.0 Å². The fraction of sp³-hybridized carbons (Fsp3) is 0. The molecule has 0 aliphatic heterocycles. The molecule has 0 atom stereocenters. The van der Waals surface area contributed by atoms with Crippen LogP contribution in [0.3, 0.4) is 0 Å². The van der Waals surface area contributed by atoms with Crippen LogP contribution in [0.2, 0.25) is 0 Å².